The van der Waals surface area contributed by atoms with Crippen LogP contribution in [0, 0.1) is 6.92 Å². The summed E-state index contributed by atoms with van der Waals surface area (Å²) in [5.74, 6) is 0. The number of nitrogens with zero attached hydrogens (tertiary/aromatic N) is 2. The van der Waals surface area contributed by atoms with Gasteiger partial charge in [0.1, 0.15) is 5.01 Å². The highest BCUT2D eigenvalue weighted by Gasteiger charge is 2.02. The van der Waals surface area contributed by atoms with Crippen LogP contribution < -0.4 is 10.2 Å². The largest absolute Gasteiger partial charge is 0.372 e. The molecule has 2 rings (SSSR count). The van der Waals surface area contributed by atoms with Gasteiger partial charge in [-0.15, -0.1) is 11.3 Å². The van der Waals surface area contributed by atoms with Gasteiger partial charge in [0, 0.05) is 42.9 Å². The number of anilines is 1. The molecule has 0 saturated carbocycles. The lowest BCUT2D eigenvalue weighted by atomic mass is 10.2. The normalized spacial score (nSPS) is 10.8. The van der Waals surface area contributed by atoms with Gasteiger partial charge in [0.2, 0.25) is 0 Å². The molecule has 0 fully saturated rings. The molecule has 0 bridgehead atoms. The molecule has 0 amide bonds. The third-order valence-electron chi connectivity index (χ3n) is 3.34. The van der Waals surface area contributed by atoms with E-state index < -0.39 is 0 Å². The van der Waals surface area contributed by atoms with Crippen molar-refractivity contribution < 1.29 is 0 Å². The van der Waals surface area contributed by atoms with E-state index in [1.54, 1.807) is 11.3 Å². The first kappa shape index (κ1) is 15.0. The first-order valence-electron chi connectivity index (χ1n) is 7.18. The molecule has 0 unspecified atom stereocenters. The fourth-order valence-electron chi connectivity index (χ4n) is 2.21. The molecule has 3 nitrogen and oxygen atoms in total. The van der Waals surface area contributed by atoms with E-state index in [2.05, 4.69) is 60.2 Å². The molecule has 0 spiro atoms. The second-order valence-electron chi connectivity index (χ2n) is 4.81. The van der Waals surface area contributed by atoms with E-state index in [-0.39, 0.29) is 0 Å². The van der Waals surface area contributed by atoms with Gasteiger partial charge in [-0.1, -0.05) is 12.1 Å². The third-order valence-corrected chi connectivity index (χ3v) is 4.25. The predicted molar refractivity (Wildman–Crippen MR) is 87.4 cm³/mol. The lowest BCUT2D eigenvalue weighted by Crippen LogP contribution is -2.21. The summed E-state index contributed by atoms with van der Waals surface area (Å²) in [5.41, 5.74) is 2.61. The zero-order chi connectivity index (χ0) is 14.4. The van der Waals surface area contributed by atoms with Gasteiger partial charge in [0.15, 0.2) is 0 Å². The summed E-state index contributed by atoms with van der Waals surface area (Å²) in [6.45, 7) is 10.3. The van der Waals surface area contributed by atoms with Crippen molar-refractivity contribution in [3.05, 3.63) is 45.9 Å². The van der Waals surface area contributed by atoms with Gasteiger partial charge >= 0.3 is 0 Å². The van der Waals surface area contributed by atoms with Crippen LogP contribution in [0.5, 0.6) is 0 Å². The van der Waals surface area contributed by atoms with Gasteiger partial charge in [0.05, 0.1) is 0 Å². The van der Waals surface area contributed by atoms with Gasteiger partial charge in [-0.2, -0.15) is 0 Å². The minimum absolute atomic E-state index is 0.844. The van der Waals surface area contributed by atoms with E-state index in [0.29, 0.717) is 0 Å². The molecule has 0 radical (unpaired) electrons. The molecule has 0 aliphatic rings. The Morgan fingerprint density at radius 3 is 2.35 bits per heavy atom. The average Bonchev–Trinajstić information content (AvgIpc) is 2.87. The molecule has 0 atom stereocenters. The maximum absolute atomic E-state index is 4.36. The lowest BCUT2D eigenvalue weighted by Gasteiger charge is -2.21. The number of thiazole rings is 1. The second-order valence-corrected chi connectivity index (χ2v) is 6.13. The van der Waals surface area contributed by atoms with Gasteiger partial charge in [-0.05, 0) is 38.5 Å². The molecule has 2 aromatic rings. The van der Waals surface area contributed by atoms with Gasteiger partial charge in [0.25, 0.3) is 0 Å². The summed E-state index contributed by atoms with van der Waals surface area (Å²) in [6.07, 6.45) is 1.93. The van der Waals surface area contributed by atoms with Gasteiger partial charge < -0.3 is 10.2 Å². The van der Waals surface area contributed by atoms with Crippen molar-refractivity contribution in [2.75, 3.05) is 18.0 Å². The molecular weight excluding hydrogens is 266 g/mol. The molecular formula is C16H23N3S. The Balaban J connectivity index is 1.84. The van der Waals surface area contributed by atoms with Crippen LogP contribution in [0.25, 0.3) is 0 Å². The van der Waals surface area contributed by atoms with E-state index in [9.17, 15) is 0 Å². The smallest absolute Gasteiger partial charge is 0.107 e. The van der Waals surface area contributed by atoms with Crippen LogP contribution in [0.3, 0.4) is 0 Å². The van der Waals surface area contributed by atoms with Crippen LogP contribution >= 0.6 is 11.3 Å². The van der Waals surface area contributed by atoms with Crippen LogP contribution in [0.2, 0.25) is 0 Å². The number of benzene rings is 1. The van der Waals surface area contributed by atoms with Crippen molar-refractivity contribution in [2.45, 2.75) is 33.9 Å². The summed E-state index contributed by atoms with van der Waals surface area (Å²) in [7, 11) is 0. The summed E-state index contributed by atoms with van der Waals surface area (Å²) >= 11 is 1.75. The molecule has 108 valence electrons. The first-order valence-corrected chi connectivity index (χ1v) is 8.00. The number of hydrogen-bond acceptors (Lipinski definition) is 4. The van der Waals surface area contributed by atoms with Gasteiger partial charge in [-0.25, -0.2) is 4.98 Å². The molecule has 1 heterocycles. The van der Waals surface area contributed by atoms with Crippen molar-refractivity contribution in [3.8, 4) is 0 Å². The summed E-state index contributed by atoms with van der Waals surface area (Å²) in [5, 5.41) is 4.60. The maximum atomic E-state index is 4.36. The summed E-state index contributed by atoms with van der Waals surface area (Å²) < 4.78 is 0. The highest BCUT2D eigenvalue weighted by molar-refractivity contribution is 7.11. The number of rotatable bonds is 7. The predicted octanol–water partition coefficient (Wildman–Crippen LogP) is 3.59. The quantitative estimate of drug-likeness (QED) is 0.844. The summed E-state index contributed by atoms with van der Waals surface area (Å²) in [4.78, 5) is 7.98. The molecule has 0 aliphatic heterocycles. The molecule has 0 saturated heterocycles. The third kappa shape index (κ3) is 4.05. The number of aromatic nitrogens is 1. The minimum Gasteiger partial charge on any atom is -0.372 e. The highest BCUT2D eigenvalue weighted by Crippen LogP contribution is 2.15. The maximum Gasteiger partial charge on any atom is 0.107 e. The Hall–Kier alpha value is -1.39. The lowest BCUT2D eigenvalue weighted by molar-refractivity contribution is 0.690. The summed E-state index contributed by atoms with van der Waals surface area (Å²) in [6, 6.07) is 8.82. The van der Waals surface area contributed by atoms with E-state index in [1.165, 1.54) is 16.1 Å². The monoisotopic (exact) mass is 289 g/mol. The van der Waals surface area contributed by atoms with E-state index >= 15 is 0 Å². The number of aryl methyl sites for hydroxylation is 1. The van der Waals surface area contributed by atoms with Crippen molar-refractivity contribution in [1.82, 2.24) is 10.3 Å². The van der Waals surface area contributed by atoms with E-state index in [4.69, 9.17) is 0 Å². The van der Waals surface area contributed by atoms with Crippen molar-refractivity contribution >= 4 is 17.0 Å². The number of hydrogen-bond donors (Lipinski definition) is 1. The Bertz CT molecular complexity index is 515. The van der Waals surface area contributed by atoms with Crippen molar-refractivity contribution in [1.29, 1.82) is 0 Å². The fraction of sp³-hybridized carbons (Fsp3) is 0.438. The van der Waals surface area contributed by atoms with Crippen LogP contribution in [0.15, 0.2) is 30.5 Å². The highest BCUT2D eigenvalue weighted by atomic mass is 32.1. The molecule has 1 aromatic carbocycles. The SMILES string of the molecule is CCN(CC)c1ccc(CNCc2ncc(C)s2)cc1. The Morgan fingerprint density at radius 1 is 1.10 bits per heavy atom. The van der Waals surface area contributed by atoms with Gasteiger partial charge in [-0.3, -0.25) is 0 Å². The van der Waals surface area contributed by atoms with E-state index in [1.807, 2.05) is 6.20 Å². The van der Waals surface area contributed by atoms with E-state index in [0.717, 1.165) is 31.2 Å². The van der Waals surface area contributed by atoms with Crippen LogP contribution in [-0.2, 0) is 13.1 Å². The Labute approximate surface area is 125 Å². The standard InChI is InChI=1S/C16H23N3S/c1-4-19(5-2)15-8-6-14(7-9-15)11-17-12-16-18-10-13(3)20-16/h6-10,17H,4-5,11-12H2,1-3H3. The molecule has 1 aromatic heterocycles. The van der Waals surface area contributed by atoms with Crippen LogP contribution in [0.1, 0.15) is 29.3 Å². The van der Waals surface area contributed by atoms with Crippen LogP contribution in [-0.4, -0.2) is 18.1 Å². The Morgan fingerprint density at radius 2 is 1.80 bits per heavy atom. The zero-order valence-electron chi connectivity index (χ0n) is 12.5. The van der Waals surface area contributed by atoms with Crippen LogP contribution in [0.4, 0.5) is 5.69 Å². The average molecular weight is 289 g/mol. The van der Waals surface area contributed by atoms with Crippen molar-refractivity contribution in [2.24, 2.45) is 0 Å². The molecule has 20 heavy (non-hydrogen) atoms. The fourth-order valence-corrected chi connectivity index (χ4v) is 2.97. The van der Waals surface area contributed by atoms with Crippen molar-refractivity contribution in [3.63, 3.8) is 0 Å². The molecule has 4 heteroatoms. The second kappa shape index (κ2) is 7.41. The first-order chi connectivity index (χ1) is 9.72. The number of nitrogens with one attached hydrogen (secondary N) is 1. The molecule has 0 aliphatic carbocycles. The minimum atomic E-state index is 0.844. The topological polar surface area (TPSA) is 28.2 Å². The zero-order valence-corrected chi connectivity index (χ0v) is 13.3. The molecule has 1 N–H and O–H groups in total. The Kier molecular flexibility index (Phi) is 5.56.